The monoisotopic (exact) mass is 393 g/mol. The Labute approximate surface area is 156 Å². The summed E-state index contributed by atoms with van der Waals surface area (Å²) in [6.07, 6.45) is 0. The van der Waals surface area contributed by atoms with E-state index in [1.807, 2.05) is 0 Å². The van der Waals surface area contributed by atoms with Gasteiger partial charge in [0.05, 0.1) is 16.5 Å². The second-order valence-electron chi connectivity index (χ2n) is 5.48. The van der Waals surface area contributed by atoms with E-state index in [1.165, 1.54) is 31.2 Å². The summed E-state index contributed by atoms with van der Waals surface area (Å²) in [5, 5.41) is 24.4. The van der Waals surface area contributed by atoms with Gasteiger partial charge in [-0.2, -0.15) is 4.37 Å². The number of nitro groups is 1. The average Bonchev–Trinajstić information content (AvgIpc) is 3.03. The van der Waals surface area contributed by atoms with Crippen LogP contribution in [0.4, 0.5) is 15.5 Å². The van der Waals surface area contributed by atoms with Crippen molar-refractivity contribution in [1.82, 2.24) is 9.69 Å². The molecule has 0 aliphatic heterocycles. The van der Waals surface area contributed by atoms with Crippen LogP contribution < -0.4 is 16.4 Å². The van der Waals surface area contributed by atoms with E-state index < -0.39 is 28.7 Å². The van der Waals surface area contributed by atoms with Gasteiger partial charge in [-0.25, -0.2) is 4.79 Å². The number of aliphatic carboxylic acids is 1. The topological polar surface area (TPSA) is 178 Å². The van der Waals surface area contributed by atoms with Crippen molar-refractivity contribution >= 4 is 40.1 Å². The molecule has 1 unspecified atom stereocenters. The van der Waals surface area contributed by atoms with E-state index in [4.69, 9.17) is 10.8 Å². The van der Waals surface area contributed by atoms with Crippen LogP contribution in [0, 0.1) is 16.0 Å². The number of hydrogen-bond acceptors (Lipinski definition) is 7. The second kappa shape index (κ2) is 8.23. The van der Waals surface area contributed by atoms with Crippen LogP contribution in [0.15, 0.2) is 24.3 Å². The van der Waals surface area contributed by atoms with E-state index in [0.29, 0.717) is 5.56 Å². The van der Waals surface area contributed by atoms with E-state index >= 15 is 0 Å². The van der Waals surface area contributed by atoms with Gasteiger partial charge in [0.25, 0.3) is 11.6 Å². The van der Waals surface area contributed by atoms with Crippen molar-refractivity contribution in [1.29, 1.82) is 0 Å². The molecule has 0 bridgehead atoms. The lowest BCUT2D eigenvalue weighted by Gasteiger charge is -2.09. The number of benzene rings is 1. The predicted octanol–water partition coefficient (Wildman–Crippen LogP) is 1.66. The number of carbonyl (C=O) groups is 3. The van der Waals surface area contributed by atoms with Gasteiger partial charge in [-0.05, 0) is 23.7 Å². The molecule has 0 fully saturated rings. The number of nitrogens with two attached hydrogens (primary N) is 1. The Balaban J connectivity index is 2.22. The lowest BCUT2D eigenvalue weighted by molar-refractivity contribution is -0.384. The number of primary amides is 1. The first-order chi connectivity index (χ1) is 12.7. The minimum Gasteiger partial charge on any atom is -0.481 e. The molecule has 0 saturated heterocycles. The number of hydrogen-bond donors (Lipinski definition) is 4. The number of rotatable bonds is 7. The van der Waals surface area contributed by atoms with E-state index in [0.717, 1.165) is 11.5 Å². The molecule has 2 rings (SSSR count). The third-order valence-electron chi connectivity index (χ3n) is 3.51. The van der Waals surface area contributed by atoms with Crippen molar-refractivity contribution < 1.29 is 24.4 Å². The summed E-state index contributed by atoms with van der Waals surface area (Å²) in [6.45, 7) is 1.32. The summed E-state index contributed by atoms with van der Waals surface area (Å²) in [5.41, 5.74) is 5.80. The van der Waals surface area contributed by atoms with Crippen LogP contribution in [0.5, 0.6) is 0 Å². The van der Waals surface area contributed by atoms with Crippen LogP contribution in [-0.4, -0.2) is 38.9 Å². The number of urea groups is 1. The molecule has 27 heavy (non-hydrogen) atoms. The highest BCUT2D eigenvalue weighted by Gasteiger charge is 2.22. The van der Waals surface area contributed by atoms with Crippen molar-refractivity contribution in [2.45, 2.75) is 6.92 Å². The number of carboxylic acids is 1. The minimum absolute atomic E-state index is 0.0460. The second-order valence-corrected chi connectivity index (χ2v) is 6.25. The van der Waals surface area contributed by atoms with Crippen molar-refractivity contribution in [3.63, 3.8) is 0 Å². The molecule has 0 radical (unpaired) electrons. The summed E-state index contributed by atoms with van der Waals surface area (Å²) in [4.78, 5) is 44.7. The number of aromatic nitrogens is 1. The molecule has 5 N–H and O–H groups in total. The summed E-state index contributed by atoms with van der Waals surface area (Å²) in [7, 11) is 0. The molecule has 2 aromatic rings. The lowest BCUT2D eigenvalue weighted by atomic mass is 10.1. The highest BCUT2D eigenvalue weighted by Crippen LogP contribution is 2.32. The van der Waals surface area contributed by atoms with Crippen LogP contribution in [0.2, 0.25) is 0 Å². The van der Waals surface area contributed by atoms with Crippen LogP contribution in [0.1, 0.15) is 17.3 Å². The van der Waals surface area contributed by atoms with Crippen LogP contribution in [0.3, 0.4) is 0 Å². The molecule has 1 aromatic heterocycles. The van der Waals surface area contributed by atoms with Crippen molar-refractivity contribution in [2.24, 2.45) is 11.7 Å². The Bertz CT molecular complexity index is 895. The third-order valence-corrected chi connectivity index (χ3v) is 4.27. The summed E-state index contributed by atoms with van der Waals surface area (Å²) in [6, 6.07) is 4.62. The predicted molar refractivity (Wildman–Crippen MR) is 96.5 cm³/mol. The summed E-state index contributed by atoms with van der Waals surface area (Å²) < 4.78 is 4.09. The maximum atomic E-state index is 11.9. The number of anilines is 1. The molecule has 1 atom stereocenters. The van der Waals surface area contributed by atoms with Gasteiger partial charge in [-0.15, -0.1) is 0 Å². The fraction of sp³-hybridized carbons (Fsp3) is 0.200. The molecule has 0 aliphatic rings. The Hall–Kier alpha value is -3.54. The fourth-order valence-corrected chi connectivity index (χ4v) is 2.83. The number of amides is 3. The highest BCUT2D eigenvalue weighted by molar-refractivity contribution is 7.11. The zero-order valence-corrected chi connectivity index (χ0v) is 14.8. The van der Waals surface area contributed by atoms with E-state index in [9.17, 15) is 24.5 Å². The number of nitrogens with zero attached hydrogens (tertiary/aromatic N) is 2. The van der Waals surface area contributed by atoms with Crippen molar-refractivity contribution in [2.75, 3.05) is 11.9 Å². The third kappa shape index (κ3) is 4.76. The van der Waals surface area contributed by atoms with Crippen LogP contribution in [-0.2, 0) is 4.79 Å². The first-order valence-corrected chi connectivity index (χ1v) is 8.30. The van der Waals surface area contributed by atoms with Gasteiger partial charge in [0.1, 0.15) is 10.6 Å². The van der Waals surface area contributed by atoms with Gasteiger partial charge in [-0.3, -0.25) is 25.0 Å². The molecule has 142 valence electrons. The van der Waals surface area contributed by atoms with Gasteiger partial charge in [-0.1, -0.05) is 6.92 Å². The molecular formula is C15H15N5O6S. The molecule has 1 heterocycles. The highest BCUT2D eigenvalue weighted by atomic mass is 32.1. The smallest absolute Gasteiger partial charge is 0.319 e. The largest absolute Gasteiger partial charge is 0.481 e. The van der Waals surface area contributed by atoms with Gasteiger partial charge in [0.15, 0.2) is 0 Å². The maximum Gasteiger partial charge on any atom is 0.319 e. The molecule has 11 nitrogen and oxygen atoms in total. The number of nitro benzene ring substituents is 1. The Kier molecular flexibility index (Phi) is 6.03. The van der Waals surface area contributed by atoms with E-state index in [-0.39, 0.29) is 28.5 Å². The number of non-ortho nitro benzene ring substituents is 1. The summed E-state index contributed by atoms with van der Waals surface area (Å²) in [5.74, 6) is -2.69. The minimum atomic E-state index is -1.06. The van der Waals surface area contributed by atoms with E-state index in [1.54, 1.807) is 0 Å². The Morgan fingerprint density at radius 1 is 1.33 bits per heavy atom. The van der Waals surface area contributed by atoms with Crippen molar-refractivity contribution in [3.05, 3.63) is 39.9 Å². The van der Waals surface area contributed by atoms with Crippen molar-refractivity contribution in [3.8, 4) is 11.3 Å². The SMILES string of the molecule is CC(CNC(=O)Nc1snc(-c2ccc([N+](=O)[O-])cc2)c1C(N)=O)C(=O)O. The molecule has 12 heteroatoms. The van der Waals surface area contributed by atoms with Gasteiger partial charge in [0.2, 0.25) is 0 Å². The van der Waals surface area contributed by atoms with Crippen LogP contribution in [0.25, 0.3) is 11.3 Å². The summed E-state index contributed by atoms with van der Waals surface area (Å²) >= 11 is 0.806. The molecule has 3 amide bonds. The zero-order chi connectivity index (χ0) is 20.1. The number of carbonyl (C=O) groups excluding carboxylic acids is 2. The Morgan fingerprint density at radius 2 is 1.96 bits per heavy atom. The quantitative estimate of drug-likeness (QED) is 0.408. The number of nitrogens with one attached hydrogen (secondary N) is 2. The average molecular weight is 393 g/mol. The van der Waals surface area contributed by atoms with Gasteiger partial charge in [0, 0.05) is 24.2 Å². The number of carboxylic acid groups (broad SMARTS) is 1. The lowest BCUT2D eigenvalue weighted by Crippen LogP contribution is -2.34. The molecule has 1 aromatic carbocycles. The standard InChI is InChI=1S/C15H15N5O6S/c1-7(14(22)23)6-17-15(24)18-13-10(12(16)21)11(19-27-13)8-2-4-9(5-3-8)20(25)26/h2-5,7H,6H2,1H3,(H2,16,21)(H,22,23)(H2,17,18,24). The molecule has 0 aliphatic carbocycles. The zero-order valence-electron chi connectivity index (χ0n) is 14.0. The van der Waals surface area contributed by atoms with Gasteiger partial charge < -0.3 is 16.2 Å². The fourth-order valence-electron chi connectivity index (χ4n) is 2.02. The maximum absolute atomic E-state index is 11.9. The normalized spacial score (nSPS) is 11.4. The van der Waals surface area contributed by atoms with E-state index in [2.05, 4.69) is 15.0 Å². The molecule has 0 saturated carbocycles. The molecular weight excluding hydrogens is 378 g/mol. The molecule has 0 spiro atoms. The van der Waals surface area contributed by atoms with Gasteiger partial charge >= 0.3 is 12.0 Å². The first-order valence-electron chi connectivity index (χ1n) is 7.52. The van der Waals surface area contributed by atoms with Crippen LogP contribution >= 0.6 is 11.5 Å². The Morgan fingerprint density at radius 3 is 2.48 bits per heavy atom. The first kappa shape index (κ1) is 19.8.